The zero-order valence-corrected chi connectivity index (χ0v) is 12.7. The van der Waals surface area contributed by atoms with Crippen LogP contribution >= 0.6 is 0 Å². The van der Waals surface area contributed by atoms with Crippen molar-refractivity contribution in [2.24, 2.45) is 11.8 Å². The number of benzene rings is 1. The molecule has 110 valence electrons. The van der Waals surface area contributed by atoms with Crippen LogP contribution < -0.4 is 0 Å². The minimum absolute atomic E-state index is 0.0460. The molecule has 0 aromatic heterocycles. The fourth-order valence-electron chi connectivity index (χ4n) is 2.92. The average molecular weight is 275 g/mol. The second kappa shape index (κ2) is 6.29. The molecule has 3 nitrogen and oxygen atoms in total. The van der Waals surface area contributed by atoms with Gasteiger partial charge in [0.15, 0.2) is 0 Å². The van der Waals surface area contributed by atoms with Gasteiger partial charge in [-0.3, -0.25) is 4.79 Å². The molecule has 1 aliphatic rings. The Labute approximate surface area is 121 Å². The van der Waals surface area contributed by atoms with E-state index in [1.54, 1.807) is 12.1 Å². The quantitative estimate of drug-likeness (QED) is 0.896. The summed E-state index contributed by atoms with van der Waals surface area (Å²) >= 11 is 0. The van der Waals surface area contributed by atoms with E-state index in [1.807, 2.05) is 17.9 Å². The molecule has 0 radical (unpaired) electrons. The minimum atomic E-state index is 0.0460. The molecule has 1 aliphatic heterocycles. The molecule has 2 rings (SSSR count). The van der Waals surface area contributed by atoms with Crippen molar-refractivity contribution >= 4 is 5.91 Å². The van der Waals surface area contributed by atoms with E-state index >= 15 is 0 Å². The van der Waals surface area contributed by atoms with Gasteiger partial charge >= 0.3 is 0 Å². The number of carbonyl (C=O) groups excluding carboxylic acids is 1. The molecule has 1 amide bonds. The zero-order valence-electron chi connectivity index (χ0n) is 12.7. The van der Waals surface area contributed by atoms with Crippen molar-refractivity contribution in [1.82, 2.24) is 4.90 Å². The molecular formula is C17H25NO2. The molecule has 0 aliphatic carbocycles. The van der Waals surface area contributed by atoms with Crippen LogP contribution in [0.3, 0.4) is 0 Å². The molecule has 1 fully saturated rings. The van der Waals surface area contributed by atoms with Crippen LogP contribution in [0.4, 0.5) is 0 Å². The number of aryl methyl sites for hydroxylation is 1. The first-order valence-corrected chi connectivity index (χ1v) is 7.58. The first-order chi connectivity index (χ1) is 9.49. The van der Waals surface area contributed by atoms with Crippen LogP contribution in [0.15, 0.2) is 18.2 Å². The van der Waals surface area contributed by atoms with Gasteiger partial charge in [0, 0.05) is 18.7 Å². The topological polar surface area (TPSA) is 40.5 Å². The van der Waals surface area contributed by atoms with Crippen LogP contribution in [-0.4, -0.2) is 29.0 Å². The summed E-state index contributed by atoms with van der Waals surface area (Å²) in [7, 11) is 0. The summed E-state index contributed by atoms with van der Waals surface area (Å²) in [6, 6.07) is 5.20. The van der Waals surface area contributed by atoms with Crippen LogP contribution in [0, 0.1) is 18.8 Å². The Balaban J connectivity index is 2.07. The van der Waals surface area contributed by atoms with Gasteiger partial charge in [-0.2, -0.15) is 0 Å². The van der Waals surface area contributed by atoms with Gasteiger partial charge in [-0.1, -0.05) is 19.9 Å². The van der Waals surface area contributed by atoms with Crippen molar-refractivity contribution in [3.05, 3.63) is 29.3 Å². The maximum atomic E-state index is 12.5. The van der Waals surface area contributed by atoms with E-state index < -0.39 is 0 Å². The molecule has 3 heteroatoms. The Morgan fingerprint density at radius 3 is 2.70 bits per heavy atom. The number of hydrogen-bond acceptors (Lipinski definition) is 2. The summed E-state index contributed by atoms with van der Waals surface area (Å²) in [5.74, 6) is 1.66. The molecule has 1 atom stereocenters. The number of amides is 1. The van der Waals surface area contributed by atoms with Crippen molar-refractivity contribution in [2.75, 3.05) is 13.1 Å². The fourth-order valence-corrected chi connectivity index (χ4v) is 2.92. The molecule has 1 heterocycles. The normalized spacial score (nSPS) is 20.0. The summed E-state index contributed by atoms with van der Waals surface area (Å²) in [5.41, 5.74) is 1.40. The Bertz CT molecular complexity index is 482. The smallest absolute Gasteiger partial charge is 0.253 e. The number of likely N-dealkylation sites (tertiary alicyclic amines) is 1. The molecule has 0 spiro atoms. The van der Waals surface area contributed by atoms with Gasteiger partial charge in [-0.05, 0) is 55.7 Å². The largest absolute Gasteiger partial charge is 0.508 e. The number of hydrogen-bond donors (Lipinski definition) is 1. The molecule has 1 aromatic carbocycles. The lowest BCUT2D eigenvalue weighted by Gasteiger charge is -2.22. The van der Waals surface area contributed by atoms with Gasteiger partial charge in [0.1, 0.15) is 5.75 Å². The summed E-state index contributed by atoms with van der Waals surface area (Å²) in [6.45, 7) is 8.02. The highest BCUT2D eigenvalue weighted by Crippen LogP contribution is 2.26. The van der Waals surface area contributed by atoms with Crippen molar-refractivity contribution in [2.45, 2.75) is 40.0 Å². The second-order valence-electron chi connectivity index (χ2n) is 6.23. The van der Waals surface area contributed by atoms with Crippen molar-refractivity contribution < 1.29 is 9.90 Å². The summed E-state index contributed by atoms with van der Waals surface area (Å²) in [6.07, 6.45) is 3.37. The summed E-state index contributed by atoms with van der Waals surface area (Å²) in [5, 5.41) is 9.75. The van der Waals surface area contributed by atoms with Crippen LogP contribution in [0.2, 0.25) is 0 Å². The van der Waals surface area contributed by atoms with Gasteiger partial charge in [0.25, 0.3) is 5.91 Å². The van der Waals surface area contributed by atoms with Gasteiger partial charge in [0.2, 0.25) is 0 Å². The lowest BCUT2D eigenvalue weighted by Crippen LogP contribution is -2.32. The lowest BCUT2D eigenvalue weighted by molar-refractivity contribution is 0.0758. The Hall–Kier alpha value is -1.51. The van der Waals surface area contributed by atoms with E-state index in [0.717, 1.165) is 37.4 Å². The SMILES string of the molecule is Cc1ccc(C(=O)N2CCCC(C(C)C)CC2)cc1O. The molecule has 1 N–H and O–H groups in total. The van der Waals surface area contributed by atoms with E-state index in [0.29, 0.717) is 11.5 Å². The number of phenols is 1. The van der Waals surface area contributed by atoms with Crippen molar-refractivity contribution in [1.29, 1.82) is 0 Å². The van der Waals surface area contributed by atoms with Crippen LogP contribution in [-0.2, 0) is 0 Å². The molecule has 1 unspecified atom stereocenters. The Morgan fingerprint density at radius 1 is 1.30 bits per heavy atom. The van der Waals surface area contributed by atoms with Gasteiger partial charge in [-0.15, -0.1) is 0 Å². The number of nitrogens with zero attached hydrogens (tertiary/aromatic N) is 1. The second-order valence-corrected chi connectivity index (χ2v) is 6.23. The van der Waals surface area contributed by atoms with E-state index in [1.165, 1.54) is 6.42 Å². The van der Waals surface area contributed by atoms with Crippen LogP contribution in [0.1, 0.15) is 49.0 Å². The van der Waals surface area contributed by atoms with E-state index in [4.69, 9.17) is 0 Å². The Morgan fingerprint density at radius 2 is 2.05 bits per heavy atom. The minimum Gasteiger partial charge on any atom is -0.508 e. The molecule has 1 saturated heterocycles. The molecular weight excluding hydrogens is 250 g/mol. The van der Waals surface area contributed by atoms with E-state index in [-0.39, 0.29) is 11.7 Å². The first-order valence-electron chi connectivity index (χ1n) is 7.58. The fraction of sp³-hybridized carbons (Fsp3) is 0.588. The highest BCUT2D eigenvalue weighted by molar-refractivity contribution is 5.94. The third kappa shape index (κ3) is 3.33. The van der Waals surface area contributed by atoms with Crippen molar-refractivity contribution in [3.8, 4) is 5.75 Å². The molecule has 0 saturated carbocycles. The molecule has 0 bridgehead atoms. The summed E-state index contributed by atoms with van der Waals surface area (Å²) < 4.78 is 0. The number of aromatic hydroxyl groups is 1. The van der Waals surface area contributed by atoms with Gasteiger partial charge < -0.3 is 10.0 Å². The standard InChI is InChI=1S/C17H25NO2/c1-12(2)14-5-4-9-18(10-8-14)17(20)15-7-6-13(3)16(19)11-15/h6-7,11-12,14,19H,4-5,8-10H2,1-3H3. The van der Waals surface area contributed by atoms with Gasteiger partial charge in [-0.25, -0.2) is 0 Å². The van der Waals surface area contributed by atoms with E-state index in [2.05, 4.69) is 13.8 Å². The zero-order chi connectivity index (χ0) is 14.7. The monoisotopic (exact) mass is 275 g/mol. The van der Waals surface area contributed by atoms with Crippen molar-refractivity contribution in [3.63, 3.8) is 0 Å². The lowest BCUT2D eigenvalue weighted by atomic mass is 9.89. The predicted molar refractivity (Wildman–Crippen MR) is 80.9 cm³/mol. The molecule has 20 heavy (non-hydrogen) atoms. The highest BCUT2D eigenvalue weighted by atomic mass is 16.3. The van der Waals surface area contributed by atoms with Gasteiger partial charge in [0.05, 0.1) is 0 Å². The third-order valence-electron chi connectivity index (χ3n) is 4.46. The highest BCUT2D eigenvalue weighted by Gasteiger charge is 2.23. The third-order valence-corrected chi connectivity index (χ3v) is 4.46. The number of carbonyl (C=O) groups is 1. The molecule has 1 aromatic rings. The Kier molecular flexibility index (Phi) is 4.69. The van der Waals surface area contributed by atoms with E-state index in [9.17, 15) is 9.90 Å². The number of phenolic OH excluding ortho intramolecular Hbond substituents is 1. The average Bonchev–Trinajstić information content (AvgIpc) is 2.67. The number of rotatable bonds is 2. The first kappa shape index (κ1) is 14.9. The maximum Gasteiger partial charge on any atom is 0.253 e. The predicted octanol–water partition coefficient (Wildman–Crippen LogP) is 3.60. The maximum absolute atomic E-state index is 12.5. The summed E-state index contributed by atoms with van der Waals surface area (Å²) in [4.78, 5) is 14.4. The van der Waals surface area contributed by atoms with Crippen LogP contribution in [0.25, 0.3) is 0 Å². The van der Waals surface area contributed by atoms with Crippen LogP contribution in [0.5, 0.6) is 5.75 Å².